The Morgan fingerprint density at radius 3 is 2.42 bits per heavy atom. The second-order valence-electron chi connectivity index (χ2n) is 7.96. The lowest BCUT2D eigenvalue weighted by molar-refractivity contribution is 0.102. The van der Waals surface area contributed by atoms with Gasteiger partial charge >= 0.3 is 0 Å². The predicted octanol–water partition coefficient (Wildman–Crippen LogP) is 6.32. The molecule has 10 heteroatoms. The summed E-state index contributed by atoms with van der Waals surface area (Å²) in [6.07, 6.45) is 5.02. The molecule has 0 spiro atoms. The summed E-state index contributed by atoms with van der Waals surface area (Å²) in [6, 6.07) is 11.2. The van der Waals surface area contributed by atoms with Crippen molar-refractivity contribution in [2.24, 2.45) is 0 Å². The lowest BCUT2D eigenvalue weighted by Crippen LogP contribution is -2.38. The standard InChI is InChI=1S/C23H23Cl2N3O3S2/c1-28(17-5-3-2-4-6-17)33(30,31)18-10-7-15(8-11-18)22(29)27-23-26-21(14-32-23)16-9-12-19(24)20(25)13-16/h7-14,17H,2-6H2,1H3,(H,26,27,29). The summed E-state index contributed by atoms with van der Waals surface area (Å²) in [4.78, 5) is 17.3. The van der Waals surface area contributed by atoms with Gasteiger partial charge < -0.3 is 0 Å². The van der Waals surface area contributed by atoms with Crippen molar-refractivity contribution in [1.82, 2.24) is 9.29 Å². The molecule has 1 aliphatic rings. The van der Waals surface area contributed by atoms with Gasteiger partial charge in [-0.15, -0.1) is 11.3 Å². The Kier molecular flexibility index (Phi) is 7.40. The number of sulfonamides is 1. The number of nitrogens with zero attached hydrogens (tertiary/aromatic N) is 2. The van der Waals surface area contributed by atoms with Crippen molar-refractivity contribution in [3.8, 4) is 11.3 Å². The zero-order chi connectivity index (χ0) is 23.6. The van der Waals surface area contributed by atoms with E-state index in [4.69, 9.17) is 23.2 Å². The van der Waals surface area contributed by atoms with Crippen LogP contribution in [-0.2, 0) is 10.0 Å². The summed E-state index contributed by atoms with van der Waals surface area (Å²) in [5.41, 5.74) is 1.81. The summed E-state index contributed by atoms with van der Waals surface area (Å²) < 4.78 is 27.4. The van der Waals surface area contributed by atoms with Gasteiger partial charge in [0.1, 0.15) is 0 Å². The fraction of sp³-hybridized carbons (Fsp3) is 0.304. The highest BCUT2D eigenvalue weighted by atomic mass is 35.5. The first-order chi connectivity index (χ1) is 15.8. The fourth-order valence-electron chi connectivity index (χ4n) is 3.87. The molecule has 0 atom stereocenters. The van der Waals surface area contributed by atoms with Crippen molar-refractivity contribution in [2.45, 2.75) is 43.0 Å². The molecule has 1 aromatic heterocycles. The molecule has 4 rings (SSSR count). The molecule has 0 bridgehead atoms. The van der Waals surface area contributed by atoms with Gasteiger partial charge in [-0.2, -0.15) is 4.31 Å². The Labute approximate surface area is 207 Å². The Hall–Kier alpha value is -1.97. The van der Waals surface area contributed by atoms with Crippen LogP contribution in [-0.4, -0.2) is 36.7 Å². The number of nitrogens with one attached hydrogen (secondary N) is 1. The minimum absolute atomic E-state index is 0.0290. The number of halogens is 2. The highest BCUT2D eigenvalue weighted by molar-refractivity contribution is 7.89. The maximum atomic E-state index is 13.0. The van der Waals surface area contributed by atoms with Gasteiger partial charge in [-0.25, -0.2) is 13.4 Å². The van der Waals surface area contributed by atoms with Crippen LogP contribution < -0.4 is 5.32 Å². The van der Waals surface area contributed by atoms with E-state index in [-0.39, 0.29) is 16.8 Å². The van der Waals surface area contributed by atoms with E-state index in [9.17, 15) is 13.2 Å². The monoisotopic (exact) mass is 523 g/mol. The summed E-state index contributed by atoms with van der Waals surface area (Å²) >= 11 is 13.3. The highest BCUT2D eigenvalue weighted by Gasteiger charge is 2.29. The number of anilines is 1. The van der Waals surface area contributed by atoms with Crippen molar-refractivity contribution in [1.29, 1.82) is 0 Å². The van der Waals surface area contributed by atoms with Gasteiger partial charge in [-0.3, -0.25) is 10.1 Å². The molecule has 0 unspecified atom stereocenters. The third kappa shape index (κ3) is 5.41. The van der Waals surface area contributed by atoms with E-state index in [0.29, 0.717) is 26.4 Å². The zero-order valence-corrected chi connectivity index (χ0v) is 21.1. The van der Waals surface area contributed by atoms with Crippen LogP contribution in [0.1, 0.15) is 42.5 Å². The smallest absolute Gasteiger partial charge is 0.257 e. The van der Waals surface area contributed by atoms with E-state index in [1.54, 1.807) is 25.2 Å². The van der Waals surface area contributed by atoms with E-state index in [2.05, 4.69) is 10.3 Å². The lowest BCUT2D eigenvalue weighted by Gasteiger charge is -2.30. The average Bonchev–Trinajstić information content (AvgIpc) is 3.29. The molecule has 1 N–H and O–H groups in total. The summed E-state index contributed by atoms with van der Waals surface area (Å²) in [7, 11) is -1.96. The van der Waals surface area contributed by atoms with Crippen LogP contribution in [0.5, 0.6) is 0 Å². The number of amides is 1. The number of carbonyl (C=O) groups excluding carboxylic acids is 1. The summed E-state index contributed by atoms with van der Waals surface area (Å²) in [6.45, 7) is 0. The predicted molar refractivity (Wildman–Crippen MR) is 134 cm³/mol. The van der Waals surface area contributed by atoms with E-state index in [0.717, 1.165) is 37.7 Å². The van der Waals surface area contributed by atoms with Crippen molar-refractivity contribution >= 4 is 55.6 Å². The first-order valence-electron chi connectivity index (χ1n) is 10.6. The van der Waals surface area contributed by atoms with Crippen LogP contribution in [0.4, 0.5) is 5.13 Å². The van der Waals surface area contributed by atoms with Crippen molar-refractivity contribution in [2.75, 3.05) is 12.4 Å². The number of hydrogen-bond donors (Lipinski definition) is 1. The molecule has 2 aromatic carbocycles. The number of hydrogen-bond acceptors (Lipinski definition) is 5. The molecule has 6 nitrogen and oxygen atoms in total. The Balaban J connectivity index is 1.44. The second kappa shape index (κ2) is 10.1. The summed E-state index contributed by atoms with van der Waals surface area (Å²) in [5.74, 6) is -0.366. The van der Waals surface area contributed by atoms with Crippen LogP contribution in [0, 0.1) is 0 Å². The van der Waals surface area contributed by atoms with Gasteiger partial charge in [0.25, 0.3) is 5.91 Å². The molecule has 1 amide bonds. The van der Waals surface area contributed by atoms with E-state index in [1.165, 1.54) is 39.9 Å². The molecule has 0 radical (unpaired) electrons. The van der Waals surface area contributed by atoms with Gasteiger partial charge in [0, 0.05) is 29.6 Å². The highest BCUT2D eigenvalue weighted by Crippen LogP contribution is 2.31. The third-order valence-corrected chi connectivity index (χ3v) is 9.24. The molecular weight excluding hydrogens is 501 g/mol. The van der Waals surface area contributed by atoms with Crippen molar-refractivity contribution < 1.29 is 13.2 Å². The van der Waals surface area contributed by atoms with Gasteiger partial charge in [0.05, 0.1) is 20.6 Å². The SMILES string of the molecule is CN(C1CCCCC1)S(=O)(=O)c1ccc(C(=O)Nc2nc(-c3ccc(Cl)c(Cl)c3)cs2)cc1. The van der Waals surface area contributed by atoms with E-state index < -0.39 is 10.0 Å². The van der Waals surface area contributed by atoms with Crippen molar-refractivity contribution in [3.63, 3.8) is 0 Å². The van der Waals surface area contributed by atoms with Crippen LogP contribution in [0.2, 0.25) is 10.0 Å². The molecule has 1 aliphatic carbocycles. The largest absolute Gasteiger partial charge is 0.298 e. The molecule has 1 fully saturated rings. The van der Waals surface area contributed by atoms with Gasteiger partial charge in [0.2, 0.25) is 10.0 Å². The van der Waals surface area contributed by atoms with Gasteiger partial charge in [-0.1, -0.05) is 48.5 Å². The molecular formula is C23H23Cl2N3O3S2. The van der Waals surface area contributed by atoms with Gasteiger partial charge in [0.15, 0.2) is 5.13 Å². The normalized spacial score (nSPS) is 15.0. The number of carbonyl (C=O) groups is 1. The third-order valence-electron chi connectivity index (χ3n) is 5.82. The van der Waals surface area contributed by atoms with Crippen LogP contribution in [0.25, 0.3) is 11.3 Å². The number of rotatable bonds is 6. The molecule has 1 heterocycles. The zero-order valence-electron chi connectivity index (χ0n) is 17.9. The molecule has 0 saturated heterocycles. The Morgan fingerprint density at radius 2 is 1.76 bits per heavy atom. The first kappa shape index (κ1) is 24.2. The number of thiazole rings is 1. The molecule has 174 valence electrons. The molecule has 33 heavy (non-hydrogen) atoms. The van der Waals surface area contributed by atoms with Crippen LogP contribution >= 0.6 is 34.5 Å². The van der Waals surface area contributed by atoms with Gasteiger partial charge in [-0.05, 0) is 49.2 Å². The molecule has 1 saturated carbocycles. The second-order valence-corrected chi connectivity index (χ2v) is 11.6. The molecule has 0 aliphatic heterocycles. The van der Waals surface area contributed by atoms with Crippen LogP contribution in [0.3, 0.4) is 0 Å². The summed E-state index contributed by atoms with van der Waals surface area (Å²) in [5, 5.41) is 5.88. The maximum absolute atomic E-state index is 13.0. The number of benzene rings is 2. The lowest BCUT2D eigenvalue weighted by atomic mass is 9.96. The van der Waals surface area contributed by atoms with Crippen molar-refractivity contribution in [3.05, 3.63) is 63.5 Å². The first-order valence-corrected chi connectivity index (χ1v) is 13.6. The Morgan fingerprint density at radius 1 is 1.06 bits per heavy atom. The fourth-order valence-corrected chi connectivity index (χ4v) is 6.30. The Bertz CT molecular complexity index is 1250. The average molecular weight is 524 g/mol. The van der Waals surface area contributed by atoms with E-state index in [1.807, 2.05) is 5.38 Å². The number of aromatic nitrogens is 1. The maximum Gasteiger partial charge on any atom is 0.257 e. The topological polar surface area (TPSA) is 79.4 Å². The van der Waals surface area contributed by atoms with E-state index >= 15 is 0 Å². The molecule has 3 aromatic rings. The quantitative estimate of drug-likeness (QED) is 0.409. The van der Waals surface area contributed by atoms with Crippen LogP contribution in [0.15, 0.2) is 52.7 Å². The minimum Gasteiger partial charge on any atom is -0.298 e. The minimum atomic E-state index is -3.60.